The van der Waals surface area contributed by atoms with Crippen molar-refractivity contribution in [2.75, 3.05) is 11.9 Å². The number of ether oxygens (including phenoxy) is 1. The molecule has 0 radical (unpaired) electrons. The maximum atomic E-state index is 13.0. The van der Waals surface area contributed by atoms with Gasteiger partial charge in [-0.25, -0.2) is 4.39 Å². The summed E-state index contributed by atoms with van der Waals surface area (Å²) in [4.78, 5) is 27.0. The van der Waals surface area contributed by atoms with Crippen molar-refractivity contribution in [1.29, 1.82) is 0 Å². The third kappa shape index (κ3) is 6.42. The summed E-state index contributed by atoms with van der Waals surface area (Å²) >= 11 is 6.58. The Hall–Kier alpha value is -2.71. The Morgan fingerprint density at radius 3 is 2.52 bits per heavy atom. The summed E-state index contributed by atoms with van der Waals surface area (Å²) in [6.45, 7) is 0.184. The molecule has 0 unspecified atom stereocenters. The molecular formula is C25H25FN2O3S2. The van der Waals surface area contributed by atoms with E-state index in [0.717, 1.165) is 24.2 Å². The van der Waals surface area contributed by atoms with Gasteiger partial charge in [-0.1, -0.05) is 42.5 Å². The van der Waals surface area contributed by atoms with Crippen LogP contribution in [0.3, 0.4) is 0 Å². The molecule has 8 heteroatoms. The Labute approximate surface area is 202 Å². The standard InChI is InChI=1S/C25H25FN2O3S2/c26-18-8-10-19(11-9-18)27-23(29)14-15-28-24(30)22(33-25(28)32)16-17-6-12-21(13-7-17)31-20-4-2-1-3-5-20/h6-13,16,20H,1-5,14-15H2,(H,27,29)/b22-16-. The molecule has 1 N–H and O–H groups in total. The second kappa shape index (κ2) is 10.9. The summed E-state index contributed by atoms with van der Waals surface area (Å²) in [5, 5.41) is 2.69. The van der Waals surface area contributed by atoms with E-state index in [2.05, 4.69) is 5.32 Å². The van der Waals surface area contributed by atoms with Crippen LogP contribution in [0.1, 0.15) is 44.1 Å². The zero-order chi connectivity index (χ0) is 23.2. The maximum Gasteiger partial charge on any atom is 0.266 e. The lowest BCUT2D eigenvalue weighted by Gasteiger charge is -2.22. The van der Waals surface area contributed by atoms with Crippen LogP contribution < -0.4 is 10.1 Å². The maximum absolute atomic E-state index is 13.0. The van der Waals surface area contributed by atoms with Gasteiger partial charge in [-0.2, -0.15) is 0 Å². The first kappa shape index (κ1) is 23.4. The van der Waals surface area contributed by atoms with Crippen molar-refractivity contribution in [2.24, 2.45) is 0 Å². The van der Waals surface area contributed by atoms with Gasteiger partial charge in [0.2, 0.25) is 5.91 Å². The van der Waals surface area contributed by atoms with E-state index in [9.17, 15) is 14.0 Å². The third-order valence-corrected chi connectivity index (χ3v) is 6.97. The van der Waals surface area contributed by atoms with E-state index in [1.54, 1.807) is 0 Å². The summed E-state index contributed by atoms with van der Waals surface area (Å²) in [5.41, 5.74) is 1.39. The molecule has 2 aromatic rings. The number of anilines is 1. The smallest absolute Gasteiger partial charge is 0.266 e. The number of nitrogens with one attached hydrogen (secondary N) is 1. The van der Waals surface area contributed by atoms with Crippen LogP contribution in [0.2, 0.25) is 0 Å². The van der Waals surface area contributed by atoms with Gasteiger partial charge < -0.3 is 10.1 Å². The van der Waals surface area contributed by atoms with Gasteiger partial charge in [0.25, 0.3) is 5.91 Å². The molecule has 0 atom stereocenters. The lowest BCUT2D eigenvalue weighted by molar-refractivity contribution is -0.122. The number of amides is 2. The van der Waals surface area contributed by atoms with Gasteiger partial charge in [0, 0.05) is 18.7 Å². The van der Waals surface area contributed by atoms with Crippen molar-refractivity contribution in [1.82, 2.24) is 4.90 Å². The van der Waals surface area contributed by atoms with Crippen molar-refractivity contribution >= 4 is 51.9 Å². The minimum atomic E-state index is -0.372. The van der Waals surface area contributed by atoms with E-state index in [0.29, 0.717) is 21.0 Å². The van der Waals surface area contributed by atoms with Crippen LogP contribution in [0.4, 0.5) is 10.1 Å². The third-order valence-electron chi connectivity index (χ3n) is 5.60. The van der Waals surface area contributed by atoms with Gasteiger partial charge in [0.15, 0.2) is 0 Å². The van der Waals surface area contributed by atoms with Crippen LogP contribution in [0, 0.1) is 5.82 Å². The molecule has 0 bridgehead atoms. The summed E-state index contributed by atoms with van der Waals surface area (Å²) in [7, 11) is 0. The molecule has 1 aliphatic carbocycles. The van der Waals surface area contributed by atoms with Crippen molar-refractivity contribution in [3.05, 3.63) is 64.8 Å². The lowest BCUT2D eigenvalue weighted by atomic mass is 9.98. The van der Waals surface area contributed by atoms with Crippen molar-refractivity contribution in [3.8, 4) is 5.75 Å². The molecular weight excluding hydrogens is 459 g/mol. The quantitative estimate of drug-likeness (QED) is 0.400. The number of thiocarbonyl (C=S) groups is 1. The van der Waals surface area contributed by atoms with Gasteiger partial charge in [-0.3, -0.25) is 14.5 Å². The highest BCUT2D eigenvalue weighted by atomic mass is 32.2. The monoisotopic (exact) mass is 484 g/mol. The molecule has 2 amide bonds. The molecule has 0 spiro atoms. The number of benzene rings is 2. The predicted octanol–water partition coefficient (Wildman–Crippen LogP) is 5.77. The fourth-order valence-electron chi connectivity index (χ4n) is 3.83. The number of carbonyl (C=O) groups is 2. The van der Waals surface area contributed by atoms with Crippen LogP contribution in [0.5, 0.6) is 5.75 Å². The van der Waals surface area contributed by atoms with Crippen molar-refractivity contribution < 1.29 is 18.7 Å². The van der Waals surface area contributed by atoms with Gasteiger partial charge in [-0.15, -0.1) is 0 Å². The lowest BCUT2D eigenvalue weighted by Crippen LogP contribution is -2.31. The second-order valence-corrected chi connectivity index (χ2v) is 9.76. The first-order chi connectivity index (χ1) is 16.0. The average Bonchev–Trinajstić information content (AvgIpc) is 3.08. The summed E-state index contributed by atoms with van der Waals surface area (Å²) < 4.78 is 19.5. The largest absolute Gasteiger partial charge is 0.490 e. The number of nitrogens with zero attached hydrogens (tertiary/aromatic N) is 1. The predicted molar refractivity (Wildman–Crippen MR) is 133 cm³/mol. The van der Waals surface area contributed by atoms with Crippen LogP contribution in [0.15, 0.2) is 53.4 Å². The zero-order valence-electron chi connectivity index (χ0n) is 18.1. The van der Waals surface area contributed by atoms with E-state index < -0.39 is 0 Å². The molecule has 2 fully saturated rings. The number of thioether (sulfide) groups is 1. The fraction of sp³-hybridized carbons (Fsp3) is 0.320. The number of carbonyl (C=O) groups excluding carboxylic acids is 2. The summed E-state index contributed by atoms with van der Waals surface area (Å²) in [6.07, 6.45) is 8.12. The van der Waals surface area contributed by atoms with E-state index in [1.165, 1.54) is 60.2 Å². The highest BCUT2D eigenvalue weighted by molar-refractivity contribution is 8.26. The highest BCUT2D eigenvalue weighted by Crippen LogP contribution is 2.33. The number of halogens is 1. The van der Waals surface area contributed by atoms with Crippen LogP contribution in [-0.4, -0.2) is 33.7 Å². The topological polar surface area (TPSA) is 58.6 Å². The van der Waals surface area contributed by atoms with Gasteiger partial charge in [0.1, 0.15) is 15.9 Å². The van der Waals surface area contributed by atoms with E-state index in [-0.39, 0.29) is 30.6 Å². The fourth-order valence-corrected chi connectivity index (χ4v) is 5.14. The zero-order valence-corrected chi connectivity index (χ0v) is 19.7. The molecule has 5 nitrogen and oxygen atoms in total. The van der Waals surface area contributed by atoms with Crippen LogP contribution in [-0.2, 0) is 9.59 Å². The Bertz CT molecular complexity index is 1050. The highest BCUT2D eigenvalue weighted by Gasteiger charge is 2.32. The molecule has 1 saturated carbocycles. The van der Waals surface area contributed by atoms with Gasteiger partial charge >= 0.3 is 0 Å². The van der Waals surface area contributed by atoms with Crippen molar-refractivity contribution in [2.45, 2.75) is 44.6 Å². The molecule has 2 aliphatic rings. The normalized spacial score (nSPS) is 18.1. The van der Waals surface area contributed by atoms with Crippen LogP contribution >= 0.6 is 24.0 Å². The first-order valence-corrected chi connectivity index (χ1v) is 12.3. The molecule has 1 heterocycles. The average molecular weight is 485 g/mol. The Balaban J connectivity index is 1.31. The molecule has 33 heavy (non-hydrogen) atoms. The molecule has 172 valence electrons. The van der Waals surface area contributed by atoms with E-state index in [1.807, 2.05) is 30.3 Å². The van der Waals surface area contributed by atoms with E-state index >= 15 is 0 Å². The molecule has 2 aromatic carbocycles. The first-order valence-electron chi connectivity index (χ1n) is 11.1. The Kier molecular flexibility index (Phi) is 7.77. The van der Waals surface area contributed by atoms with Gasteiger partial charge in [-0.05, 0) is 73.7 Å². The SMILES string of the molecule is O=C(CCN1C(=O)/C(=C/c2ccc(OC3CCCCC3)cc2)SC1=S)Nc1ccc(F)cc1. The molecule has 0 aromatic heterocycles. The molecule has 1 saturated heterocycles. The molecule has 1 aliphatic heterocycles. The Morgan fingerprint density at radius 1 is 1.12 bits per heavy atom. The summed E-state index contributed by atoms with van der Waals surface area (Å²) in [5.74, 6) is -0.00203. The second-order valence-electron chi connectivity index (χ2n) is 8.09. The Morgan fingerprint density at radius 2 is 1.82 bits per heavy atom. The van der Waals surface area contributed by atoms with Crippen LogP contribution in [0.25, 0.3) is 6.08 Å². The number of rotatable bonds is 7. The number of hydrogen-bond donors (Lipinski definition) is 1. The molecule has 4 rings (SSSR count). The minimum absolute atomic E-state index is 0.0876. The minimum Gasteiger partial charge on any atom is -0.490 e. The van der Waals surface area contributed by atoms with Crippen molar-refractivity contribution in [3.63, 3.8) is 0 Å². The van der Waals surface area contributed by atoms with Gasteiger partial charge in [0.05, 0.1) is 11.0 Å². The van der Waals surface area contributed by atoms with E-state index in [4.69, 9.17) is 17.0 Å². The summed E-state index contributed by atoms with van der Waals surface area (Å²) in [6, 6.07) is 13.2. The number of hydrogen-bond acceptors (Lipinski definition) is 5.